The van der Waals surface area contributed by atoms with Crippen molar-refractivity contribution in [1.29, 1.82) is 0 Å². The lowest BCUT2D eigenvalue weighted by atomic mass is 9.60. The van der Waals surface area contributed by atoms with Gasteiger partial charge in [-0.15, -0.1) is 0 Å². The zero-order valence-electron chi connectivity index (χ0n) is 15.7. The summed E-state index contributed by atoms with van der Waals surface area (Å²) in [7, 11) is 0. The smallest absolute Gasteiger partial charge is 0.126 e. The summed E-state index contributed by atoms with van der Waals surface area (Å²) in [5.41, 5.74) is 3.01. The maximum absolute atomic E-state index is 10.5. The second kappa shape index (κ2) is 6.56. The van der Waals surface area contributed by atoms with E-state index in [0.717, 1.165) is 22.3 Å². The second-order valence-corrected chi connectivity index (χ2v) is 7.76. The lowest BCUT2D eigenvalue weighted by Crippen LogP contribution is -2.42. The van der Waals surface area contributed by atoms with Gasteiger partial charge < -0.3 is 14.9 Å². The van der Waals surface area contributed by atoms with Gasteiger partial charge in [0.15, 0.2) is 0 Å². The van der Waals surface area contributed by atoms with Crippen molar-refractivity contribution in [2.45, 2.75) is 17.6 Å². The molecule has 3 nitrogen and oxygen atoms in total. The molecule has 0 aromatic heterocycles. The molecule has 2 bridgehead atoms. The standard InChI is InChI=1S/C25H24O3/c26-16-15-22-23(17-27)25(19-11-5-2-6-12-19)21-14-8-7-13-20(21)24(22,28-25)18-9-3-1-4-10-18/h1-14,22-23,26-27H,15-17H2. The molecule has 2 N–H and O–H groups in total. The van der Waals surface area contributed by atoms with E-state index in [9.17, 15) is 10.2 Å². The molecule has 4 atom stereocenters. The molecule has 3 heteroatoms. The van der Waals surface area contributed by atoms with Crippen molar-refractivity contribution in [1.82, 2.24) is 0 Å². The fourth-order valence-electron chi connectivity index (χ4n) is 5.64. The van der Waals surface area contributed by atoms with E-state index in [4.69, 9.17) is 4.74 Å². The number of ether oxygens (including phenoxy) is 1. The Labute approximate surface area is 165 Å². The first-order valence-electron chi connectivity index (χ1n) is 9.92. The van der Waals surface area contributed by atoms with Crippen LogP contribution in [0.1, 0.15) is 28.7 Å². The highest BCUT2D eigenvalue weighted by molar-refractivity contribution is 5.57. The first-order chi connectivity index (χ1) is 13.8. The predicted octanol–water partition coefficient (Wildman–Crippen LogP) is 3.82. The maximum atomic E-state index is 10.5. The molecule has 1 fully saturated rings. The van der Waals surface area contributed by atoms with Crippen LogP contribution in [0.5, 0.6) is 0 Å². The highest BCUT2D eigenvalue weighted by Gasteiger charge is 2.70. The summed E-state index contributed by atoms with van der Waals surface area (Å²) in [4.78, 5) is 0. The van der Waals surface area contributed by atoms with Gasteiger partial charge in [-0.2, -0.15) is 0 Å². The molecule has 2 heterocycles. The highest BCUT2D eigenvalue weighted by Crippen LogP contribution is 2.68. The van der Waals surface area contributed by atoms with Crippen molar-refractivity contribution >= 4 is 0 Å². The van der Waals surface area contributed by atoms with Crippen LogP contribution < -0.4 is 0 Å². The molecule has 1 saturated heterocycles. The Kier molecular flexibility index (Phi) is 4.13. The van der Waals surface area contributed by atoms with E-state index in [1.165, 1.54) is 0 Å². The van der Waals surface area contributed by atoms with Crippen molar-refractivity contribution in [3.05, 3.63) is 107 Å². The molecular weight excluding hydrogens is 348 g/mol. The van der Waals surface area contributed by atoms with Crippen molar-refractivity contribution in [2.24, 2.45) is 11.8 Å². The Balaban J connectivity index is 1.85. The molecule has 5 rings (SSSR count). The quantitative estimate of drug-likeness (QED) is 0.716. The summed E-state index contributed by atoms with van der Waals surface area (Å²) >= 11 is 0. The predicted molar refractivity (Wildman–Crippen MR) is 108 cm³/mol. The number of benzene rings is 3. The SMILES string of the molecule is OCCC1C(CO)C2(c3ccccc3)OC1(c1ccccc1)c1ccccc12. The van der Waals surface area contributed by atoms with Gasteiger partial charge in [0, 0.05) is 25.0 Å². The Hall–Kier alpha value is -2.46. The van der Waals surface area contributed by atoms with Gasteiger partial charge in [-0.1, -0.05) is 84.9 Å². The summed E-state index contributed by atoms with van der Waals surface area (Å²) in [6.45, 7) is 0.0641. The van der Waals surface area contributed by atoms with Crippen LogP contribution in [-0.2, 0) is 15.9 Å². The summed E-state index contributed by atoms with van der Waals surface area (Å²) in [5.74, 6) is -0.169. The monoisotopic (exact) mass is 372 g/mol. The Morgan fingerprint density at radius 3 is 1.57 bits per heavy atom. The highest BCUT2D eigenvalue weighted by atomic mass is 16.5. The molecule has 2 aliphatic heterocycles. The summed E-state index contributed by atoms with van der Waals surface area (Å²) in [6.07, 6.45) is 0.572. The molecule has 2 aliphatic rings. The van der Waals surface area contributed by atoms with Crippen LogP contribution in [0, 0.1) is 11.8 Å². The van der Waals surface area contributed by atoms with Crippen LogP contribution in [-0.4, -0.2) is 23.4 Å². The third-order valence-corrected chi connectivity index (χ3v) is 6.62. The summed E-state index contributed by atoms with van der Waals surface area (Å²) in [5, 5.41) is 20.4. The molecule has 28 heavy (non-hydrogen) atoms. The number of fused-ring (bicyclic) bond motifs is 5. The molecular formula is C25H24O3. The van der Waals surface area contributed by atoms with E-state index < -0.39 is 11.2 Å². The fraction of sp³-hybridized carbons (Fsp3) is 0.280. The minimum atomic E-state index is -0.720. The third kappa shape index (κ3) is 2.10. The van der Waals surface area contributed by atoms with Crippen LogP contribution in [0.4, 0.5) is 0 Å². The van der Waals surface area contributed by atoms with Gasteiger partial charge >= 0.3 is 0 Å². The molecule has 0 aliphatic carbocycles. The van der Waals surface area contributed by atoms with Crippen LogP contribution in [0.2, 0.25) is 0 Å². The number of aliphatic hydroxyl groups is 2. The number of hydrogen-bond donors (Lipinski definition) is 2. The first kappa shape index (κ1) is 17.6. The van der Waals surface area contributed by atoms with Gasteiger partial charge in [-0.05, 0) is 28.7 Å². The largest absolute Gasteiger partial charge is 0.396 e. The third-order valence-electron chi connectivity index (χ3n) is 6.62. The minimum Gasteiger partial charge on any atom is -0.396 e. The van der Waals surface area contributed by atoms with E-state index in [1.54, 1.807) is 0 Å². The van der Waals surface area contributed by atoms with Crippen LogP contribution in [0.15, 0.2) is 84.9 Å². The zero-order valence-corrected chi connectivity index (χ0v) is 15.7. The van der Waals surface area contributed by atoms with Crippen molar-refractivity contribution in [3.8, 4) is 0 Å². The van der Waals surface area contributed by atoms with E-state index in [0.29, 0.717) is 6.42 Å². The Bertz CT molecular complexity index is 971. The average Bonchev–Trinajstić information content (AvgIpc) is 3.24. The van der Waals surface area contributed by atoms with Gasteiger partial charge in [0.25, 0.3) is 0 Å². The van der Waals surface area contributed by atoms with Crippen molar-refractivity contribution < 1.29 is 14.9 Å². The summed E-state index contributed by atoms with van der Waals surface area (Å²) < 4.78 is 7.09. The number of rotatable bonds is 5. The Morgan fingerprint density at radius 1 is 0.643 bits per heavy atom. The molecule has 0 amide bonds. The molecule has 142 valence electrons. The molecule has 0 spiro atoms. The van der Waals surface area contributed by atoms with Gasteiger partial charge in [-0.3, -0.25) is 0 Å². The molecule has 0 saturated carbocycles. The number of aliphatic hydroxyl groups excluding tert-OH is 2. The van der Waals surface area contributed by atoms with Gasteiger partial charge in [0.1, 0.15) is 11.2 Å². The van der Waals surface area contributed by atoms with Gasteiger partial charge in [-0.25, -0.2) is 0 Å². The normalized spacial score (nSPS) is 30.4. The lowest BCUT2D eigenvalue weighted by Gasteiger charge is -2.40. The topological polar surface area (TPSA) is 49.7 Å². The fourth-order valence-corrected chi connectivity index (χ4v) is 5.64. The van der Waals surface area contributed by atoms with E-state index >= 15 is 0 Å². The Morgan fingerprint density at radius 2 is 1.11 bits per heavy atom. The molecule has 3 aromatic carbocycles. The van der Waals surface area contributed by atoms with Crippen molar-refractivity contribution in [3.63, 3.8) is 0 Å². The lowest BCUT2D eigenvalue weighted by molar-refractivity contribution is -0.0616. The molecule has 4 unspecified atom stereocenters. The second-order valence-electron chi connectivity index (χ2n) is 7.76. The van der Waals surface area contributed by atoms with E-state index in [-0.39, 0.29) is 25.0 Å². The average molecular weight is 372 g/mol. The van der Waals surface area contributed by atoms with Crippen LogP contribution in [0.25, 0.3) is 0 Å². The minimum absolute atomic E-state index is 0.00246. The van der Waals surface area contributed by atoms with Crippen LogP contribution in [0.3, 0.4) is 0 Å². The van der Waals surface area contributed by atoms with E-state index in [2.05, 4.69) is 42.5 Å². The molecule has 3 aromatic rings. The van der Waals surface area contributed by atoms with Crippen LogP contribution >= 0.6 is 0 Å². The number of hydrogen-bond acceptors (Lipinski definition) is 3. The zero-order chi connectivity index (χ0) is 19.2. The first-order valence-corrected chi connectivity index (χ1v) is 9.92. The maximum Gasteiger partial charge on any atom is 0.126 e. The molecule has 0 radical (unpaired) electrons. The van der Waals surface area contributed by atoms with Crippen molar-refractivity contribution in [2.75, 3.05) is 13.2 Å². The van der Waals surface area contributed by atoms with Gasteiger partial charge in [0.05, 0.1) is 0 Å². The van der Waals surface area contributed by atoms with E-state index in [1.807, 2.05) is 42.5 Å². The summed E-state index contributed by atoms with van der Waals surface area (Å²) in [6, 6.07) is 28.8. The van der Waals surface area contributed by atoms with Gasteiger partial charge in [0.2, 0.25) is 0 Å².